The zero-order chi connectivity index (χ0) is 14.2. The lowest BCUT2D eigenvalue weighted by molar-refractivity contribution is 0.0600. The second kappa shape index (κ2) is 7.85. The van der Waals surface area contributed by atoms with E-state index in [1.54, 1.807) is 5.57 Å². The van der Waals surface area contributed by atoms with Crippen LogP contribution in [0.1, 0.15) is 48.0 Å². The number of methoxy groups -OCH3 is 1. The van der Waals surface area contributed by atoms with Crippen molar-refractivity contribution >= 4 is 5.97 Å². The molecule has 0 heterocycles. The van der Waals surface area contributed by atoms with Crippen molar-refractivity contribution in [3.63, 3.8) is 0 Å². The maximum atomic E-state index is 11.3. The number of allylic oxidation sites excluding steroid dienone is 1. The SMILES string of the molecule is COC(=O)c1ccc(CNCCC2=CCCCC2)cc1. The molecule has 0 spiro atoms. The van der Waals surface area contributed by atoms with Crippen LogP contribution >= 0.6 is 0 Å². The van der Waals surface area contributed by atoms with Crippen molar-refractivity contribution < 1.29 is 9.53 Å². The second-order valence-corrected chi connectivity index (χ2v) is 5.22. The number of esters is 1. The second-order valence-electron chi connectivity index (χ2n) is 5.22. The molecular formula is C17H23NO2. The van der Waals surface area contributed by atoms with Gasteiger partial charge in [-0.05, 0) is 56.3 Å². The first kappa shape index (κ1) is 14.8. The molecule has 0 aliphatic heterocycles. The van der Waals surface area contributed by atoms with Crippen molar-refractivity contribution in [3.05, 3.63) is 47.0 Å². The third kappa shape index (κ3) is 4.49. The summed E-state index contributed by atoms with van der Waals surface area (Å²) in [7, 11) is 1.40. The first-order valence-electron chi connectivity index (χ1n) is 7.35. The molecule has 1 aromatic carbocycles. The standard InChI is InChI=1S/C17H23NO2/c1-20-17(19)16-9-7-15(8-10-16)13-18-12-11-14-5-3-2-4-6-14/h5,7-10,18H,2-4,6,11-13H2,1H3. The van der Waals surface area contributed by atoms with E-state index >= 15 is 0 Å². The number of hydrogen-bond donors (Lipinski definition) is 1. The number of carbonyl (C=O) groups is 1. The normalized spacial score (nSPS) is 14.8. The molecule has 0 fully saturated rings. The van der Waals surface area contributed by atoms with Gasteiger partial charge in [0, 0.05) is 6.54 Å². The lowest BCUT2D eigenvalue weighted by Crippen LogP contribution is -2.15. The van der Waals surface area contributed by atoms with E-state index in [0.29, 0.717) is 5.56 Å². The molecule has 3 nitrogen and oxygen atoms in total. The molecule has 0 atom stereocenters. The first-order chi connectivity index (χ1) is 9.79. The molecular weight excluding hydrogens is 250 g/mol. The Morgan fingerprint density at radius 3 is 2.70 bits per heavy atom. The molecule has 1 aliphatic rings. The summed E-state index contributed by atoms with van der Waals surface area (Å²) in [6, 6.07) is 7.57. The first-order valence-corrected chi connectivity index (χ1v) is 7.35. The molecule has 2 rings (SSSR count). The van der Waals surface area contributed by atoms with E-state index in [4.69, 9.17) is 0 Å². The fourth-order valence-electron chi connectivity index (χ4n) is 2.49. The van der Waals surface area contributed by atoms with E-state index in [-0.39, 0.29) is 5.97 Å². The number of hydrogen-bond acceptors (Lipinski definition) is 3. The summed E-state index contributed by atoms with van der Waals surface area (Å²) in [5.74, 6) is -0.284. The van der Waals surface area contributed by atoms with E-state index in [0.717, 1.165) is 19.5 Å². The Balaban J connectivity index is 1.71. The largest absolute Gasteiger partial charge is 0.465 e. The quantitative estimate of drug-likeness (QED) is 0.490. The molecule has 0 bridgehead atoms. The maximum absolute atomic E-state index is 11.3. The minimum atomic E-state index is -0.284. The van der Waals surface area contributed by atoms with Crippen molar-refractivity contribution in [1.29, 1.82) is 0 Å². The average molecular weight is 273 g/mol. The lowest BCUT2D eigenvalue weighted by atomic mass is 9.97. The highest BCUT2D eigenvalue weighted by atomic mass is 16.5. The van der Waals surface area contributed by atoms with E-state index in [1.807, 2.05) is 24.3 Å². The summed E-state index contributed by atoms with van der Waals surface area (Å²) in [5, 5.41) is 3.45. The number of ether oxygens (including phenoxy) is 1. The van der Waals surface area contributed by atoms with Crippen LogP contribution < -0.4 is 5.32 Å². The van der Waals surface area contributed by atoms with Gasteiger partial charge in [0.25, 0.3) is 0 Å². The van der Waals surface area contributed by atoms with Gasteiger partial charge in [-0.2, -0.15) is 0 Å². The van der Waals surface area contributed by atoms with Gasteiger partial charge in [0.15, 0.2) is 0 Å². The van der Waals surface area contributed by atoms with E-state index in [9.17, 15) is 4.79 Å². The Bertz CT molecular complexity index is 462. The number of carbonyl (C=O) groups excluding carboxylic acids is 1. The van der Waals surface area contributed by atoms with Crippen LogP contribution in [-0.2, 0) is 11.3 Å². The third-order valence-electron chi connectivity index (χ3n) is 3.71. The Hall–Kier alpha value is -1.61. The van der Waals surface area contributed by atoms with Gasteiger partial charge in [0.2, 0.25) is 0 Å². The molecule has 1 N–H and O–H groups in total. The van der Waals surface area contributed by atoms with Crippen LogP contribution in [0.25, 0.3) is 0 Å². The molecule has 1 aliphatic carbocycles. The van der Waals surface area contributed by atoms with Crippen LogP contribution in [0.5, 0.6) is 0 Å². The van der Waals surface area contributed by atoms with Crippen LogP contribution in [-0.4, -0.2) is 19.6 Å². The lowest BCUT2D eigenvalue weighted by Gasteiger charge is -2.13. The molecule has 0 unspecified atom stereocenters. The van der Waals surface area contributed by atoms with Crippen LogP contribution in [0.3, 0.4) is 0 Å². The molecule has 0 saturated heterocycles. The van der Waals surface area contributed by atoms with E-state index in [1.165, 1.54) is 38.4 Å². The minimum Gasteiger partial charge on any atom is -0.465 e. The molecule has 0 aromatic heterocycles. The summed E-state index contributed by atoms with van der Waals surface area (Å²) in [6.07, 6.45) is 8.78. The average Bonchev–Trinajstić information content (AvgIpc) is 2.52. The van der Waals surface area contributed by atoms with Gasteiger partial charge in [0.1, 0.15) is 0 Å². The molecule has 0 saturated carbocycles. The Kier molecular flexibility index (Phi) is 5.81. The molecule has 108 valence electrons. The summed E-state index contributed by atoms with van der Waals surface area (Å²) >= 11 is 0. The van der Waals surface area contributed by atoms with Crippen molar-refractivity contribution in [2.24, 2.45) is 0 Å². The zero-order valence-electron chi connectivity index (χ0n) is 12.2. The molecule has 0 radical (unpaired) electrons. The summed E-state index contributed by atoms with van der Waals surface area (Å²) in [4.78, 5) is 11.3. The smallest absolute Gasteiger partial charge is 0.337 e. The van der Waals surface area contributed by atoms with Gasteiger partial charge >= 0.3 is 5.97 Å². The van der Waals surface area contributed by atoms with Crippen molar-refractivity contribution in [1.82, 2.24) is 5.32 Å². The molecule has 20 heavy (non-hydrogen) atoms. The van der Waals surface area contributed by atoms with E-state index < -0.39 is 0 Å². The predicted molar refractivity (Wildman–Crippen MR) is 80.7 cm³/mol. The van der Waals surface area contributed by atoms with Crippen molar-refractivity contribution in [2.75, 3.05) is 13.7 Å². The Labute approximate surface area is 121 Å². The number of benzene rings is 1. The van der Waals surface area contributed by atoms with Gasteiger partial charge in [-0.25, -0.2) is 4.79 Å². The Morgan fingerprint density at radius 1 is 1.25 bits per heavy atom. The molecule has 3 heteroatoms. The van der Waals surface area contributed by atoms with Gasteiger partial charge in [-0.1, -0.05) is 23.8 Å². The number of rotatable bonds is 6. The van der Waals surface area contributed by atoms with Gasteiger partial charge in [-0.15, -0.1) is 0 Å². The van der Waals surface area contributed by atoms with Crippen molar-refractivity contribution in [2.45, 2.75) is 38.6 Å². The maximum Gasteiger partial charge on any atom is 0.337 e. The fraction of sp³-hybridized carbons (Fsp3) is 0.471. The highest BCUT2D eigenvalue weighted by Crippen LogP contribution is 2.19. The highest BCUT2D eigenvalue weighted by Gasteiger charge is 2.05. The topological polar surface area (TPSA) is 38.3 Å². The fourth-order valence-corrected chi connectivity index (χ4v) is 2.49. The zero-order valence-corrected chi connectivity index (χ0v) is 12.2. The van der Waals surface area contributed by atoms with Crippen LogP contribution in [0.2, 0.25) is 0 Å². The minimum absolute atomic E-state index is 0.284. The highest BCUT2D eigenvalue weighted by molar-refractivity contribution is 5.89. The summed E-state index contributed by atoms with van der Waals surface area (Å²) in [5.41, 5.74) is 3.39. The predicted octanol–water partition coefficient (Wildman–Crippen LogP) is 3.45. The van der Waals surface area contributed by atoms with Gasteiger partial charge in [0.05, 0.1) is 12.7 Å². The molecule has 0 amide bonds. The Morgan fingerprint density at radius 2 is 2.05 bits per heavy atom. The van der Waals surface area contributed by atoms with Crippen molar-refractivity contribution in [3.8, 4) is 0 Å². The van der Waals surface area contributed by atoms with Gasteiger partial charge in [-0.3, -0.25) is 0 Å². The summed E-state index contributed by atoms with van der Waals surface area (Å²) in [6.45, 7) is 1.86. The van der Waals surface area contributed by atoms with E-state index in [2.05, 4.69) is 16.1 Å². The number of nitrogens with one attached hydrogen (secondary N) is 1. The monoisotopic (exact) mass is 273 g/mol. The summed E-state index contributed by atoms with van der Waals surface area (Å²) < 4.78 is 4.68. The van der Waals surface area contributed by atoms with Crippen LogP contribution in [0, 0.1) is 0 Å². The van der Waals surface area contributed by atoms with Gasteiger partial charge < -0.3 is 10.1 Å². The third-order valence-corrected chi connectivity index (χ3v) is 3.71. The molecule has 1 aromatic rings. The van der Waals surface area contributed by atoms with Crippen LogP contribution in [0.15, 0.2) is 35.9 Å². The van der Waals surface area contributed by atoms with Crippen LogP contribution in [0.4, 0.5) is 0 Å².